The van der Waals surface area contributed by atoms with Crippen molar-refractivity contribution >= 4 is 0 Å². The van der Waals surface area contributed by atoms with E-state index in [1.807, 2.05) is 0 Å². The van der Waals surface area contributed by atoms with Gasteiger partial charge in [0.1, 0.15) is 0 Å². The van der Waals surface area contributed by atoms with Crippen LogP contribution in [0.15, 0.2) is 24.3 Å². The van der Waals surface area contributed by atoms with Gasteiger partial charge in [0.25, 0.3) is 0 Å². The summed E-state index contributed by atoms with van der Waals surface area (Å²) in [5, 5.41) is 3.48. The molecule has 1 heterocycles. The molecule has 2 unspecified atom stereocenters. The average molecular weight is 246 g/mol. The summed E-state index contributed by atoms with van der Waals surface area (Å²) in [5.41, 5.74) is 2.93. The van der Waals surface area contributed by atoms with Gasteiger partial charge in [0, 0.05) is 25.7 Å². The van der Waals surface area contributed by atoms with E-state index in [0.717, 1.165) is 26.1 Å². The van der Waals surface area contributed by atoms with Gasteiger partial charge < -0.3 is 10.2 Å². The second-order valence-corrected chi connectivity index (χ2v) is 5.59. The molecule has 0 radical (unpaired) electrons. The number of nitrogens with one attached hydrogen (secondary N) is 1. The lowest BCUT2D eigenvalue weighted by atomic mass is 9.95. The van der Waals surface area contributed by atoms with Gasteiger partial charge >= 0.3 is 0 Å². The highest BCUT2D eigenvalue weighted by molar-refractivity contribution is 5.25. The number of likely N-dealkylation sites (N-methyl/N-ethyl adjacent to an activating group) is 1. The van der Waals surface area contributed by atoms with Crippen LogP contribution in [0.3, 0.4) is 0 Å². The first-order chi connectivity index (χ1) is 8.70. The van der Waals surface area contributed by atoms with Crippen molar-refractivity contribution in [3.8, 4) is 0 Å². The monoisotopic (exact) mass is 246 g/mol. The summed E-state index contributed by atoms with van der Waals surface area (Å²) in [5.74, 6) is 0.679. The Kier molecular flexibility index (Phi) is 4.79. The van der Waals surface area contributed by atoms with Crippen LogP contribution in [0.2, 0.25) is 0 Å². The van der Waals surface area contributed by atoms with E-state index in [9.17, 15) is 0 Å². The molecule has 0 spiro atoms. The van der Waals surface area contributed by atoms with Gasteiger partial charge in [0.05, 0.1) is 0 Å². The standard InChI is InChI=1S/C16H26N2/c1-4-13(2)15-7-5-14(6-8-15)11-16-12-17-9-10-18(16)3/h5-8,13,16-17H,4,9-12H2,1-3H3. The average Bonchev–Trinajstić information content (AvgIpc) is 2.41. The number of nitrogens with zero attached hydrogens (tertiary/aromatic N) is 1. The molecule has 2 rings (SSSR count). The smallest absolute Gasteiger partial charge is 0.0258 e. The molecule has 1 aliphatic rings. The molecule has 0 aliphatic carbocycles. The highest BCUT2D eigenvalue weighted by Crippen LogP contribution is 2.19. The van der Waals surface area contributed by atoms with Crippen LogP contribution >= 0.6 is 0 Å². The lowest BCUT2D eigenvalue weighted by Crippen LogP contribution is -2.50. The Morgan fingerprint density at radius 1 is 1.33 bits per heavy atom. The van der Waals surface area contributed by atoms with E-state index in [1.54, 1.807) is 0 Å². The quantitative estimate of drug-likeness (QED) is 0.878. The predicted molar refractivity (Wildman–Crippen MR) is 78.1 cm³/mol. The van der Waals surface area contributed by atoms with E-state index in [2.05, 4.69) is 55.4 Å². The van der Waals surface area contributed by atoms with Crippen LogP contribution in [0, 0.1) is 0 Å². The molecule has 1 aromatic rings. The summed E-state index contributed by atoms with van der Waals surface area (Å²) in [6.45, 7) is 7.95. The molecule has 1 fully saturated rings. The first-order valence-electron chi connectivity index (χ1n) is 7.20. The fourth-order valence-corrected chi connectivity index (χ4v) is 2.58. The molecule has 1 N–H and O–H groups in total. The molecular formula is C16H26N2. The van der Waals surface area contributed by atoms with E-state index < -0.39 is 0 Å². The zero-order valence-corrected chi connectivity index (χ0v) is 11.9. The molecule has 0 saturated carbocycles. The van der Waals surface area contributed by atoms with Crippen molar-refractivity contribution in [3.63, 3.8) is 0 Å². The van der Waals surface area contributed by atoms with E-state index in [1.165, 1.54) is 17.5 Å². The van der Waals surface area contributed by atoms with Crippen molar-refractivity contribution in [2.45, 2.75) is 38.6 Å². The van der Waals surface area contributed by atoms with Gasteiger partial charge in [-0.2, -0.15) is 0 Å². The number of benzene rings is 1. The van der Waals surface area contributed by atoms with Gasteiger partial charge in [-0.15, -0.1) is 0 Å². The second kappa shape index (κ2) is 6.35. The van der Waals surface area contributed by atoms with Gasteiger partial charge in [-0.3, -0.25) is 0 Å². The van der Waals surface area contributed by atoms with E-state index in [-0.39, 0.29) is 0 Å². The third kappa shape index (κ3) is 3.33. The molecule has 2 atom stereocenters. The van der Waals surface area contributed by atoms with Gasteiger partial charge in [-0.1, -0.05) is 38.1 Å². The minimum atomic E-state index is 0.646. The third-order valence-corrected chi connectivity index (χ3v) is 4.28. The van der Waals surface area contributed by atoms with Crippen LogP contribution < -0.4 is 5.32 Å². The van der Waals surface area contributed by atoms with Gasteiger partial charge in [-0.25, -0.2) is 0 Å². The molecule has 2 heteroatoms. The third-order valence-electron chi connectivity index (χ3n) is 4.28. The van der Waals surface area contributed by atoms with Crippen LogP contribution in [0.1, 0.15) is 37.3 Å². The van der Waals surface area contributed by atoms with Gasteiger partial charge in [0.15, 0.2) is 0 Å². The van der Waals surface area contributed by atoms with E-state index in [4.69, 9.17) is 0 Å². The van der Waals surface area contributed by atoms with E-state index >= 15 is 0 Å². The Bertz CT molecular complexity index is 358. The summed E-state index contributed by atoms with van der Waals surface area (Å²) < 4.78 is 0. The molecule has 1 aromatic carbocycles. The minimum absolute atomic E-state index is 0.646. The number of piperazine rings is 1. The lowest BCUT2D eigenvalue weighted by molar-refractivity contribution is 0.199. The Labute approximate surface area is 111 Å². The summed E-state index contributed by atoms with van der Waals surface area (Å²) in [6, 6.07) is 9.88. The number of hydrogen-bond donors (Lipinski definition) is 1. The maximum atomic E-state index is 3.48. The topological polar surface area (TPSA) is 15.3 Å². The molecule has 0 bridgehead atoms. The Morgan fingerprint density at radius 2 is 2.06 bits per heavy atom. The predicted octanol–water partition coefficient (Wildman–Crippen LogP) is 2.65. The van der Waals surface area contributed by atoms with Gasteiger partial charge in [-0.05, 0) is 36.9 Å². The second-order valence-electron chi connectivity index (χ2n) is 5.59. The van der Waals surface area contributed by atoms with Crippen molar-refractivity contribution in [1.29, 1.82) is 0 Å². The maximum Gasteiger partial charge on any atom is 0.0258 e. The van der Waals surface area contributed by atoms with Crippen LogP contribution in [0.4, 0.5) is 0 Å². The molecule has 100 valence electrons. The van der Waals surface area contributed by atoms with Crippen molar-refractivity contribution in [3.05, 3.63) is 35.4 Å². The highest BCUT2D eigenvalue weighted by atomic mass is 15.2. The van der Waals surface area contributed by atoms with Crippen LogP contribution in [-0.4, -0.2) is 37.6 Å². The molecule has 1 saturated heterocycles. The molecule has 0 amide bonds. The van der Waals surface area contributed by atoms with Crippen molar-refractivity contribution in [2.75, 3.05) is 26.7 Å². The van der Waals surface area contributed by atoms with E-state index in [0.29, 0.717) is 12.0 Å². The van der Waals surface area contributed by atoms with Crippen LogP contribution in [-0.2, 0) is 6.42 Å². The Hall–Kier alpha value is -0.860. The van der Waals surface area contributed by atoms with Crippen molar-refractivity contribution < 1.29 is 0 Å². The van der Waals surface area contributed by atoms with Crippen molar-refractivity contribution in [1.82, 2.24) is 10.2 Å². The molecular weight excluding hydrogens is 220 g/mol. The van der Waals surface area contributed by atoms with Crippen LogP contribution in [0.5, 0.6) is 0 Å². The largest absolute Gasteiger partial charge is 0.314 e. The zero-order chi connectivity index (χ0) is 13.0. The van der Waals surface area contributed by atoms with Crippen LogP contribution in [0.25, 0.3) is 0 Å². The first kappa shape index (κ1) is 13.6. The first-order valence-corrected chi connectivity index (χ1v) is 7.20. The molecule has 0 aromatic heterocycles. The molecule has 1 aliphatic heterocycles. The fraction of sp³-hybridized carbons (Fsp3) is 0.625. The Morgan fingerprint density at radius 3 is 2.67 bits per heavy atom. The summed E-state index contributed by atoms with van der Waals surface area (Å²) >= 11 is 0. The molecule has 18 heavy (non-hydrogen) atoms. The summed E-state index contributed by atoms with van der Waals surface area (Å²) in [4.78, 5) is 2.47. The summed E-state index contributed by atoms with van der Waals surface area (Å²) in [6.07, 6.45) is 2.37. The number of rotatable bonds is 4. The van der Waals surface area contributed by atoms with Gasteiger partial charge in [0.2, 0.25) is 0 Å². The SMILES string of the molecule is CCC(C)c1ccc(CC2CNCCN2C)cc1. The molecule has 2 nitrogen and oxygen atoms in total. The Balaban J connectivity index is 1.97. The highest BCUT2D eigenvalue weighted by Gasteiger charge is 2.18. The summed E-state index contributed by atoms with van der Waals surface area (Å²) in [7, 11) is 2.24. The number of hydrogen-bond acceptors (Lipinski definition) is 2. The maximum absolute atomic E-state index is 3.48. The zero-order valence-electron chi connectivity index (χ0n) is 11.9. The fourth-order valence-electron chi connectivity index (χ4n) is 2.58. The minimum Gasteiger partial charge on any atom is -0.314 e. The normalized spacial score (nSPS) is 22.9. The lowest BCUT2D eigenvalue weighted by Gasteiger charge is -2.33. The van der Waals surface area contributed by atoms with Crippen molar-refractivity contribution in [2.24, 2.45) is 0 Å².